The molecule has 9 heavy (non-hydrogen) atoms. The third-order valence-corrected chi connectivity index (χ3v) is 0.927. The van der Waals surface area contributed by atoms with Gasteiger partial charge in [-0.25, -0.2) is 0 Å². The van der Waals surface area contributed by atoms with Crippen molar-refractivity contribution in [2.24, 2.45) is 0 Å². The molecular weight excluding hydrogens is 116 g/mol. The molecule has 0 saturated heterocycles. The Labute approximate surface area is 55.5 Å². The normalized spacial score (nSPS) is 12.6. The number of aldehydes is 1. The molecule has 2 nitrogen and oxygen atoms in total. The van der Waals surface area contributed by atoms with Crippen molar-refractivity contribution in [1.82, 2.24) is 0 Å². The van der Waals surface area contributed by atoms with Gasteiger partial charge in [-0.05, 0) is 6.92 Å². The van der Waals surface area contributed by atoms with Gasteiger partial charge in [0, 0.05) is 6.42 Å². The second kappa shape index (κ2) is 5.51. The molecule has 0 saturated carbocycles. The number of carbonyl (C=O) groups excluding carboxylic acids is 1. The highest BCUT2D eigenvalue weighted by atomic mass is 16.5. The Kier molecular flexibility index (Phi) is 5.12. The topological polar surface area (TPSA) is 26.3 Å². The van der Waals surface area contributed by atoms with Gasteiger partial charge < -0.3 is 9.53 Å². The molecule has 0 aromatic heterocycles. The number of hydrogen-bond donors (Lipinski definition) is 0. The minimum Gasteiger partial charge on any atom is -0.374 e. The first-order valence-electron chi connectivity index (χ1n) is 2.97. The molecule has 2 heteroatoms. The minimum absolute atomic E-state index is 0.0282. The van der Waals surface area contributed by atoms with E-state index in [9.17, 15) is 4.79 Å². The van der Waals surface area contributed by atoms with E-state index < -0.39 is 0 Å². The van der Waals surface area contributed by atoms with Gasteiger partial charge in [-0.3, -0.25) is 0 Å². The quantitative estimate of drug-likeness (QED) is 0.410. The number of hydrogen-bond acceptors (Lipinski definition) is 2. The van der Waals surface area contributed by atoms with E-state index in [4.69, 9.17) is 4.74 Å². The van der Waals surface area contributed by atoms with Crippen LogP contribution >= 0.6 is 0 Å². The maximum atomic E-state index is 9.87. The van der Waals surface area contributed by atoms with Gasteiger partial charge in [0.05, 0.1) is 12.7 Å². The van der Waals surface area contributed by atoms with Crippen LogP contribution in [0.1, 0.15) is 13.3 Å². The second-order valence-corrected chi connectivity index (χ2v) is 1.83. The summed E-state index contributed by atoms with van der Waals surface area (Å²) in [5.74, 6) is 0. The summed E-state index contributed by atoms with van der Waals surface area (Å²) in [7, 11) is 0. The molecule has 0 aromatic carbocycles. The Morgan fingerprint density at radius 2 is 2.44 bits per heavy atom. The molecule has 0 aliphatic heterocycles. The Hall–Kier alpha value is -0.630. The zero-order valence-corrected chi connectivity index (χ0v) is 5.67. The molecule has 0 radical (unpaired) electrons. The fraction of sp³-hybridized carbons (Fsp3) is 0.571. The lowest BCUT2D eigenvalue weighted by atomic mass is 10.3. The molecular formula is C7H12O2. The maximum Gasteiger partial charge on any atom is 0.122 e. The molecule has 0 amide bonds. The standard InChI is InChI=1S/C7H12O2/c1-3-6-9-7(2)4-5-8/h3,5,7H,1,4,6H2,2H3. The first kappa shape index (κ1) is 8.37. The summed E-state index contributed by atoms with van der Waals surface area (Å²) in [4.78, 5) is 9.87. The van der Waals surface area contributed by atoms with Gasteiger partial charge in [0.15, 0.2) is 0 Å². The first-order chi connectivity index (χ1) is 4.31. The Balaban J connectivity index is 3.14. The monoisotopic (exact) mass is 128 g/mol. The molecule has 52 valence electrons. The molecule has 0 rings (SSSR count). The van der Waals surface area contributed by atoms with Gasteiger partial charge in [-0.1, -0.05) is 6.08 Å². The highest BCUT2D eigenvalue weighted by Crippen LogP contribution is 1.92. The summed E-state index contributed by atoms with van der Waals surface area (Å²) in [6.07, 6.45) is 3.02. The van der Waals surface area contributed by atoms with E-state index in [2.05, 4.69) is 6.58 Å². The van der Waals surface area contributed by atoms with Gasteiger partial charge in [-0.15, -0.1) is 6.58 Å². The molecule has 1 atom stereocenters. The maximum absolute atomic E-state index is 9.87. The SMILES string of the molecule is C=CCOC(C)CC=O. The van der Waals surface area contributed by atoms with Gasteiger partial charge in [0.2, 0.25) is 0 Å². The zero-order valence-electron chi connectivity index (χ0n) is 5.67. The van der Waals surface area contributed by atoms with Crippen LogP contribution in [0.15, 0.2) is 12.7 Å². The molecule has 0 bridgehead atoms. The summed E-state index contributed by atoms with van der Waals surface area (Å²) < 4.78 is 5.08. The second-order valence-electron chi connectivity index (χ2n) is 1.83. The van der Waals surface area contributed by atoms with Gasteiger partial charge in [0.25, 0.3) is 0 Å². The zero-order chi connectivity index (χ0) is 7.11. The molecule has 0 fully saturated rings. The van der Waals surface area contributed by atoms with Crippen molar-refractivity contribution >= 4 is 6.29 Å². The largest absolute Gasteiger partial charge is 0.374 e. The molecule has 1 unspecified atom stereocenters. The first-order valence-corrected chi connectivity index (χ1v) is 2.97. The molecule has 0 heterocycles. The number of ether oxygens (including phenoxy) is 1. The molecule has 0 N–H and O–H groups in total. The number of rotatable bonds is 5. The van der Waals surface area contributed by atoms with E-state index in [1.807, 2.05) is 6.92 Å². The average Bonchev–Trinajstić information content (AvgIpc) is 1.85. The van der Waals surface area contributed by atoms with Gasteiger partial charge in [-0.2, -0.15) is 0 Å². The van der Waals surface area contributed by atoms with E-state index in [0.717, 1.165) is 6.29 Å². The van der Waals surface area contributed by atoms with Gasteiger partial charge >= 0.3 is 0 Å². The van der Waals surface area contributed by atoms with Crippen molar-refractivity contribution in [3.63, 3.8) is 0 Å². The predicted molar refractivity (Wildman–Crippen MR) is 36.3 cm³/mol. The lowest BCUT2D eigenvalue weighted by Crippen LogP contribution is -2.07. The van der Waals surface area contributed by atoms with Crippen LogP contribution in [0, 0.1) is 0 Å². The third kappa shape index (κ3) is 5.24. The fourth-order valence-electron chi connectivity index (χ4n) is 0.436. The van der Waals surface area contributed by atoms with Crippen LogP contribution in [0.2, 0.25) is 0 Å². The molecule has 0 aliphatic carbocycles. The average molecular weight is 128 g/mol. The van der Waals surface area contributed by atoms with Crippen molar-refractivity contribution in [2.45, 2.75) is 19.4 Å². The molecule has 0 spiro atoms. The minimum atomic E-state index is 0.0282. The Morgan fingerprint density at radius 1 is 1.78 bits per heavy atom. The van der Waals surface area contributed by atoms with Crippen LogP contribution in [0.4, 0.5) is 0 Å². The van der Waals surface area contributed by atoms with Crippen molar-refractivity contribution < 1.29 is 9.53 Å². The summed E-state index contributed by atoms with van der Waals surface area (Å²) in [6, 6.07) is 0. The number of carbonyl (C=O) groups is 1. The van der Waals surface area contributed by atoms with Crippen molar-refractivity contribution in [3.8, 4) is 0 Å². The summed E-state index contributed by atoms with van der Waals surface area (Å²) >= 11 is 0. The lowest BCUT2D eigenvalue weighted by molar-refractivity contribution is -0.109. The van der Waals surface area contributed by atoms with Crippen molar-refractivity contribution in [3.05, 3.63) is 12.7 Å². The van der Waals surface area contributed by atoms with E-state index in [0.29, 0.717) is 13.0 Å². The van der Waals surface area contributed by atoms with E-state index in [-0.39, 0.29) is 6.10 Å². The molecule has 0 aliphatic rings. The third-order valence-electron chi connectivity index (χ3n) is 0.927. The highest BCUT2D eigenvalue weighted by Gasteiger charge is 1.96. The van der Waals surface area contributed by atoms with Crippen LogP contribution in [-0.4, -0.2) is 19.0 Å². The highest BCUT2D eigenvalue weighted by molar-refractivity contribution is 5.49. The molecule has 0 aromatic rings. The van der Waals surface area contributed by atoms with E-state index in [1.54, 1.807) is 6.08 Å². The van der Waals surface area contributed by atoms with E-state index in [1.165, 1.54) is 0 Å². The van der Waals surface area contributed by atoms with Crippen LogP contribution in [-0.2, 0) is 9.53 Å². The van der Waals surface area contributed by atoms with E-state index >= 15 is 0 Å². The van der Waals surface area contributed by atoms with Crippen molar-refractivity contribution in [2.75, 3.05) is 6.61 Å². The summed E-state index contributed by atoms with van der Waals surface area (Å²) in [5.41, 5.74) is 0. The smallest absolute Gasteiger partial charge is 0.122 e. The predicted octanol–water partition coefficient (Wildman–Crippen LogP) is 1.17. The van der Waals surface area contributed by atoms with Gasteiger partial charge in [0.1, 0.15) is 6.29 Å². The summed E-state index contributed by atoms with van der Waals surface area (Å²) in [6.45, 7) is 5.86. The summed E-state index contributed by atoms with van der Waals surface area (Å²) in [5, 5.41) is 0. The van der Waals surface area contributed by atoms with Crippen molar-refractivity contribution in [1.29, 1.82) is 0 Å². The van der Waals surface area contributed by atoms with Crippen LogP contribution in [0.5, 0.6) is 0 Å². The van der Waals surface area contributed by atoms with Crippen LogP contribution in [0.25, 0.3) is 0 Å². The van der Waals surface area contributed by atoms with Crippen LogP contribution < -0.4 is 0 Å². The van der Waals surface area contributed by atoms with Crippen LogP contribution in [0.3, 0.4) is 0 Å². The lowest BCUT2D eigenvalue weighted by Gasteiger charge is -2.05. The Morgan fingerprint density at radius 3 is 2.89 bits per heavy atom. The fourth-order valence-corrected chi connectivity index (χ4v) is 0.436. The Bertz CT molecular complexity index is 88.9.